The van der Waals surface area contributed by atoms with Gasteiger partial charge in [0.15, 0.2) is 0 Å². The summed E-state index contributed by atoms with van der Waals surface area (Å²) in [6.07, 6.45) is 2.14. The first-order valence-electron chi connectivity index (χ1n) is 12.0. The molecule has 1 aliphatic heterocycles. The van der Waals surface area contributed by atoms with Gasteiger partial charge >= 0.3 is 6.09 Å². The second kappa shape index (κ2) is 9.72. The molecule has 2 fully saturated rings. The van der Waals surface area contributed by atoms with E-state index in [0.29, 0.717) is 25.6 Å². The predicted molar refractivity (Wildman–Crippen MR) is 128 cm³/mol. The van der Waals surface area contributed by atoms with Crippen molar-refractivity contribution < 1.29 is 18.7 Å². The van der Waals surface area contributed by atoms with Crippen LogP contribution in [0.25, 0.3) is 11.1 Å². The van der Waals surface area contributed by atoms with Gasteiger partial charge in [-0.05, 0) is 87.4 Å². The summed E-state index contributed by atoms with van der Waals surface area (Å²) in [7, 11) is 0. The molecule has 1 heterocycles. The number of carbonyl (C=O) groups is 1. The second-order valence-corrected chi connectivity index (χ2v) is 10.0. The van der Waals surface area contributed by atoms with Gasteiger partial charge in [0, 0.05) is 38.3 Å². The summed E-state index contributed by atoms with van der Waals surface area (Å²) in [4.78, 5) is 16.5. The van der Waals surface area contributed by atoms with E-state index in [1.54, 1.807) is 4.90 Å². The molecule has 4 rings (SSSR count). The fourth-order valence-corrected chi connectivity index (χ4v) is 4.32. The van der Waals surface area contributed by atoms with E-state index in [1.807, 2.05) is 39.8 Å². The van der Waals surface area contributed by atoms with Crippen molar-refractivity contribution in [2.45, 2.75) is 58.6 Å². The van der Waals surface area contributed by atoms with Gasteiger partial charge in [-0.15, -0.1) is 0 Å². The van der Waals surface area contributed by atoms with Crippen LogP contribution in [-0.2, 0) is 11.3 Å². The number of amides is 1. The summed E-state index contributed by atoms with van der Waals surface area (Å²) < 4.78 is 25.1. The number of piperazine rings is 1. The fourth-order valence-electron chi connectivity index (χ4n) is 4.32. The Kier molecular flexibility index (Phi) is 6.94. The molecule has 0 spiro atoms. The molecule has 33 heavy (non-hydrogen) atoms. The van der Waals surface area contributed by atoms with Crippen molar-refractivity contribution in [3.05, 3.63) is 53.3 Å². The third kappa shape index (κ3) is 6.05. The molecule has 0 unspecified atom stereocenters. The lowest BCUT2D eigenvalue weighted by molar-refractivity contribution is 0.0138. The minimum atomic E-state index is -0.480. The topological polar surface area (TPSA) is 42.0 Å². The van der Waals surface area contributed by atoms with Gasteiger partial charge in [-0.1, -0.05) is 12.1 Å². The van der Waals surface area contributed by atoms with Crippen LogP contribution in [0, 0.1) is 5.82 Å². The van der Waals surface area contributed by atoms with Gasteiger partial charge in [0.05, 0.1) is 6.61 Å². The van der Waals surface area contributed by atoms with E-state index in [0.717, 1.165) is 36.5 Å². The van der Waals surface area contributed by atoms with Gasteiger partial charge in [-0.3, -0.25) is 4.90 Å². The standard InChI is InChI=1S/C27H35FN2O3/c1-5-32-25-17-24(20-8-10-22(28)11-9-20)23(19-6-7-19)16-21(25)18-29-12-14-30(15-13-29)26(31)33-27(2,3)4/h8-11,16-17,19H,5-7,12-15,18H2,1-4H3. The molecule has 5 nitrogen and oxygen atoms in total. The molecule has 0 bridgehead atoms. The van der Waals surface area contributed by atoms with Gasteiger partial charge in [0.1, 0.15) is 17.2 Å². The van der Waals surface area contributed by atoms with Crippen LogP contribution in [-0.4, -0.2) is 54.3 Å². The molecule has 1 saturated heterocycles. The Balaban J connectivity index is 1.51. The summed E-state index contributed by atoms with van der Waals surface area (Å²) in [5, 5.41) is 0. The molecule has 0 radical (unpaired) electrons. The lowest BCUT2D eigenvalue weighted by Gasteiger charge is -2.36. The predicted octanol–water partition coefficient (Wildman–Crippen LogP) is 5.82. The average molecular weight is 455 g/mol. The quantitative estimate of drug-likeness (QED) is 0.551. The van der Waals surface area contributed by atoms with E-state index in [1.165, 1.54) is 36.1 Å². The largest absolute Gasteiger partial charge is 0.494 e. The number of benzene rings is 2. The average Bonchev–Trinajstić information content (AvgIpc) is 3.60. The molecule has 178 valence electrons. The highest BCUT2D eigenvalue weighted by molar-refractivity contribution is 5.71. The molecular formula is C27H35FN2O3. The third-order valence-electron chi connectivity index (χ3n) is 6.12. The van der Waals surface area contributed by atoms with Crippen molar-refractivity contribution in [2.75, 3.05) is 32.8 Å². The zero-order valence-electron chi connectivity index (χ0n) is 20.2. The Labute approximate surface area is 196 Å². The van der Waals surface area contributed by atoms with Gasteiger partial charge in [0.2, 0.25) is 0 Å². The van der Waals surface area contributed by atoms with E-state index in [9.17, 15) is 9.18 Å². The summed E-state index contributed by atoms with van der Waals surface area (Å²) in [6.45, 7) is 11.9. The molecule has 2 aromatic carbocycles. The monoisotopic (exact) mass is 454 g/mol. The van der Waals surface area contributed by atoms with Crippen LogP contribution < -0.4 is 4.74 Å². The van der Waals surface area contributed by atoms with E-state index in [-0.39, 0.29) is 11.9 Å². The molecule has 1 amide bonds. The highest BCUT2D eigenvalue weighted by Crippen LogP contribution is 2.46. The number of hydrogen-bond acceptors (Lipinski definition) is 4. The van der Waals surface area contributed by atoms with Crippen LogP contribution in [0.5, 0.6) is 5.75 Å². The molecule has 1 saturated carbocycles. The van der Waals surface area contributed by atoms with Crippen molar-refractivity contribution in [2.24, 2.45) is 0 Å². The van der Waals surface area contributed by atoms with E-state index < -0.39 is 5.60 Å². The third-order valence-corrected chi connectivity index (χ3v) is 6.12. The maximum absolute atomic E-state index is 13.5. The van der Waals surface area contributed by atoms with Crippen molar-refractivity contribution in [1.82, 2.24) is 9.80 Å². The van der Waals surface area contributed by atoms with E-state index >= 15 is 0 Å². The number of rotatable bonds is 6. The maximum atomic E-state index is 13.5. The first-order chi connectivity index (χ1) is 15.7. The first-order valence-corrected chi connectivity index (χ1v) is 12.0. The van der Waals surface area contributed by atoms with Crippen LogP contribution in [0.1, 0.15) is 57.6 Å². The lowest BCUT2D eigenvalue weighted by atomic mass is 9.93. The SMILES string of the molecule is CCOc1cc(-c2ccc(F)cc2)c(C2CC2)cc1CN1CCN(C(=O)OC(C)(C)C)CC1. The summed E-state index contributed by atoms with van der Waals surface area (Å²) in [5.41, 5.74) is 4.19. The van der Waals surface area contributed by atoms with Gasteiger partial charge < -0.3 is 14.4 Å². The molecule has 0 N–H and O–H groups in total. The minimum Gasteiger partial charge on any atom is -0.494 e. The second-order valence-electron chi connectivity index (χ2n) is 10.0. The van der Waals surface area contributed by atoms with Crippen molar-refractivity contribution in [3.8, 4) is 16.9 Å². The Morgan fingerprint density at radius 1 is 1.06 bits per heavy atom. The number of nitrogens with zero attached hydrogens (tertiary/aromatic N) is 2. The summed E-state index contributed by atoms with van der Waals surface area (Å²) in [5.74, 6) is 1.22. The smallest absolute Gasteiger partial charge is 0.410 e. The van der Waals surface area contributed by atoms with Gasteiger partial charge in [0.25, 0.3) is 0 Å². The van der Waals surface area contributed by atoms with E-state index in [2.05, 4.69) is 17.0 Å². The molecule has 1 aliphatic carbocycles. The Morgan fingerprint density at radius 2 is 1.73 bits per heavy atom. The zero-order chi connectivity index (χ0) is 23.6. The summed E-state index contributed by atoms with van der Waals surface area (Å²) in [6, 6.07) is 11.2. The molecule has 0 aromatic heterocycles. The van der Waals surface area contributed by atoms with Crippen molar-refractivity contribution >= 4 is 6.09 Å². The highest BCUT2D eigenvalue weighted by atomic mass is 19.1. The minimum absolute atomic E-state index is 0.223. The number of halogens is 1. The molecule has 0 atom stereocenters. The van der Waals surface area contributed by atoms with Crippen LogP contribution >= 0.6 is 0 Å². The Bertz CT molecular complexity index is 972. The van der Waals surface area contributed by atoms with Gasteiger partial charge in [-0.25, -0.2) is 9.18 Å². The fraction of sp³-hybridized carbons (Fsp3) is 0.519. The highest BCUT2D eigenvalue weighted by Gasteiger charge is 2.30. The molecular weight excluding hydrogens is 419 g/mol. The van der Waals surface area contributed by atoms with Crippen molar-refractivity contribution in [3.63, 3.8) is 0 Å². The van der Waals surface area contributed by atoms with Gasteiger partial charge in [-0.2, -0.15) is 0 Å². The van der Waals surface area contributed by atoms with E-state index in [4.69, 9.17) is 9.47 Å². The summed E-state index contributed by atoms with van der Waals surface area (Å²) >= 11 is 0. The Hall–Kier alpha value is -2.60. The molecule has 2 aliphatic rings. The lowest BCUT2D eigenvalue weighted by Crippen LogP contribution is -2.49. The molecule has 2 aromatic rings. The van der Waals surface area contributed by atoms with Crippen LogP contribution in [0.3, 0.4) is 0 Å². The van der Waals surface area contributed by atoms with Crippen LogP contribution in [0.15, 0.2) is 36.4 Å². The Morgan fingerprint density at radius 3 is 2.30 bits per heavy atom. The maximum Gasteiger partial charge on any atom is 0.410 e. The number of hydrogen-bond donors (Lipinski definition) is 0. The van der Waals surface area contributed by atoms with Crippen LogP contribution in [0.2, 0.25) is 0 Å². The van der Waals surface area contributed by atoms with Crippen LogP contribution in [0.4, 0.5) is 9.18 Å². The zero-order valence-corrected chi connectivity index (χ0v) is 20.2. The number of carbonyl (C=O) groups excluding carboxylic acids is 1. The normalized spacial score (nSPS) is 17.2. The van der Waals surface area contributed by atoms with Crippen molar-refractivity contribution in [1.29, 1.82) is 0 Å². The molecule has 6 heteroatoms. The number of ether oxygens (including phenoxy) is 2. The first kappa shape index (κ1) is 23.6.